The lowest BCUT2D eigenvalue weighted by molar-refractivity contribution is 0.213. The predicted octanol–water partition coefficient (Wildman–Crippen LogP) is 5.15. The smallest absolute Gasteiger partial charge is 0.110 e. The molecule has 0 amide bonds. The van der Waals surface area contributed by atoms with Crippen molar-refractivity contribution in [2.45, 2.75) is 25.2 Å². The van der Waals surface area contributed by atoms with Crippen LogP contribution in [0.2, 0.25) is 0 Å². The summed E-state index contributed by atoms with van der Waals surface area (Å²) < 4.78 is 2.30. The highest BCUT2D eigenvalue weighted by Crippen LogP contribution is 2.28. The van der Waals surface area contributed by atoms with E-state index in [-0.39, 0.29) is 0 Å². The maximum absolute atomic E-state index is 4.95. The Morgan fingerprint density at radius 2 is 1.64 bits per heavy atom. The van der Waals surface area contributed by atoms with Gasteiger partial charge in [0.2, 0.25) is 0 Å². The summed E-state index contributed by atoms with van der Waals surface area (Å²) in [5.74, 6) is 1.91. The highest BCUT2D eigenvalue weighted by molar-refractivity contribution is 6.04. The van der Waals surface area contributed by atoms with Crippen LogP contribution in [0.15, 0.2) is 66.7 Å². The number of nitrogens with zero attached hydrogens (tertiary/aromatic N) is 3. The Morgan fingerprint density at radius 3 is 2.46 bits per heavy atom. The average molecular weight is 370 g/mol. The molecule has 2 heterocycles. The van der Waals surface area contributed by atoms with Gasteiger partial charge in [0.1, 0.15) is 5.82 Å². The molecule has 1 aliphatic rings. The third kappa shape index (κ3) is 3.20. The van der Waals surface area contributed by atoms with Crippen LogP contribution in [0.5, 0.6) is 0 Å². The van der Waals surface area contributed by atoms with Crippen LogP contribution in [0.3, 0.4) is 0 Å². The van der Waals surface area contributed by atoms with E-state index in [0.717, 1.165) is 24.4 Å². The van der Waals surface area contributed by atoms with Gasteiger partial charge in [-0.25, -0.2) is 4.98 Å². The van der Waals surface area contributed by atoms with Crippen molar-refractivity contribution in [3.05, 3.63) is 78.1 Å². The SMILES string of the molecule is Cn1c(CCN2CCC(c3ccccc3)CC2)nc2ccc3ccccc3c21. The number of fused-ring (bicyclic) bond motifs is 3. The second-order valence-electron chi connectivity index (χ2n) is 8.02. The molecule has 1 saturated heterocycles. The highest BCUT2D eigenvalue weighted by atomic mass is 15.1. The highest BCUT2D eigenvalue weighted by Gasteiger charge is 2.21. The molecule has 0 aliphatic carbocycles. The Balaban J connectivity index is 1.28. The largest absolute Gasteiger partial charge is 0.331 e. The number of benzene rings is 3. The van der Waals surface area contributed by atoms with Crippen LogP contribution in [0.4, 0.5) is 0 Å². The first-order valence-electron chi connectivity index (χ1n) is 10.4. The summed E-state index contributed by atoms with van der Waals surface area (Å²) >= 11 is 0. The van der Waals surface area contributed by atoms with Gasteiger partial charge in [0.25, 0.3) is 0 Å². The molecule has 1 aliphatic heterocycles. The summed E-state index contributed by atoms with van der Waals surface area (Å²) in [4.78, 5) is 7.55. The van der Waals surface area contributed by atoms with E-state index >= 15 is 0 Å². The van der Waals surface area contributed by atoms with Gasteiger partial charge in [0, 0.05) is 25.4 Å². The molecule has 4 aromatic rings. The van der Waals surface area contributed by atoms with Crippen LogP contribution in [0.1, 0.15) is 30.1 Å². The van der Waals surface area contributed by atoms with Crippen LogP contribution >= 0.6 is 0 Å². The maximum Gasteiger partial charge on any atom is 0.110 e. The second kappa shape index (κ2) is 7.40. The standard InChI is InChI=1S/C25H27N3/c1-27-24(26-23-12-11-21-9-5-6-10-22(21)25(23)27)15-18-28-16-13-20(14-17-28)19-7-3-2-4-8-19/h2-12,20H,13-18H2,1H3. The Bertz CT molecular complexity index is 1090. The monoisotopic (exact) mass is 369 g/mol. The Labute approximate surface area is 166 Å². The Kier molecular flexibility index (Phi) is 4.61. The molecule has 0 N–H and O–H groups in total. The fourth-order valence-corrected chi connectivity index (χ4v) is 4.73. The molecule has 0 radical (unpaired) electrons. The molecule has 0 atom stereocenters. The first-order chi connectivity index (χ1) is 13.8. The molecule has 0 saturated carbocycles. The zero-order chi connectivity index (χ0) is 18.9. The predicted molar refractivity (Wildman–Crippen MR) is 117 cm³/mol. The lowest BCUT2D eigenvalue weighted by Crippen LogP contribution is -2.34. The summed E-state index contributed by atoms with van der Waals surface area (Å²) in [6.07, 6.45) is 3.53. The van der Waals surface area contributed by atoms with Crippen molar-refractivity contribution in [1.82, 2.24) is 14.5 Å². The van der Waals surface area contributed by atoms with Gasteiger partial charge in [-0.1, -0.05) is 60.7 Å². The molecule has 3 aromatic carbocycles. The van der Waals surface area contributed by atoms with Gasteiger partial charge in [-0.15, -0.1) is 0 Å². The van der Waals surface area contributed by atoms with Gasteiger partial charge in [0.05, 0.1) is 11.0 Å². The summed E-state index contributed by atoms with van der Waals surface area (Å²) in [7, 11) is 2.17. The van der Waals surface area contributed by atoms with Crippen LogP contribution in [-0.4, -0.2) is 34.1 Å². The molecule has 142 valence electrons. The van der Waals surface area contributed by atoms with Crippen LogP contribution in [0, 0.1) is 0 Å². The number of hydrogen-bond acceptors (Lipinski definition) is 2. The number of likely N-dealkylation sites (tertiary alicyclic amines) is 1. The van der Waals surface area contributed by atoms with Gasteiger partial charge in [-0.05, 0) is 48.9 Å². The quantitative estimate of drug-likeness (QED) is 0.496. The fraction of sp³-hybridized carbons (Fsp3) is 0.320. The molecule has 28 heavy (non-hydrogen) atoms. The van der Waals surface area contributed by atoms with Gasteiger partial charge in [0.15, 0.2) is 0 Å². The van der Waals surface area contributed by atoms with E-state index in [0.29, 0.717) is 0 Å². The normalized spacial score (nSPS) is 16.2. The van der Waals surface area contributed by atoms with Gasteiger partial charge < -0.3 is 9.47 Å². The van der Waals surface area contributed by atoms with E-state index in [1.165, 1.54) is 53.6 Å². The number of aromatic nitrogens is 2. The molecular weight excluding hydrogens is 342 g/mol. The van der Waals surface area contributed by atoms with Gasteiger partial charge in [-0.2, -0.15) is 0 Å². The van der Waals surface area contributed by atoms with Crippen molar-refractivity contribution in [2.24, 2.45) is 7.05 Å². The maximum atomic E-state index is 4.95. The molecule has 1 fully saturated rings. The van der Waals surface area contributed by atoms with E-state index < -0.39 is 0 Å². The Hall–Kier alpha value is -2.65. The van der Waals surface area contributed by atoms with E-state index in [1.54, 1.807) is 0 Å². The third-order valence-corrected chi connectivity index (χ3v) is 6.36. The number of hydrogen-bond donors (Lipinski definition) is 0. The summed E-state index contributed by atoms with van der Waals surface area (Å²) in [6.45, 7) is 3.47. The lowest BCUT2D eigenvalue weighted by atomic mass is 9.89. The van der Waals surface area contributed by atoms with Crippen LogP contribution in [0.25, 0.3) is 21.8 Å². The minimum atomic E-state index is 0.722. The summed E-state index contributed by atoms with van der Waals surface area (Å²) in [5, 5.41) is 2.58. The van der Waals surface area contributed by atoms with E-state index in [2.05, 4.69) is 83.2 Å². The molecule has 3 nitrogen and oxygen atoms in total. The van der Waals surface area contributed by atoms with Crippen molar-refractivity contribution in [2.75, 3.05) is 19.6 Å². The van der Waals surface area contributed by atoms with Crippen LogP contribution in [-0.2, 0) is 13.5 Å². The van der Waals surface area contributed by atoms with E-state index in [1.807, 2.05) is 0 Å². The average Bonchev–Trinajstić information content (AvgIpc) is 3.09. The number of piperidine rings is 1. The second-order valence-corrected chi connectivity index (χ2v) is 8.02. The summed E-state index contributed by atoms with van der Waals surface area (Å²) in [5.41, 5.74) is 3.87. The first kappa shape index (κ1) is 17.4. The molecule has 5 rings (SSSR count). The molecule has 1 aromatic heterocycles. The summed E-state index contributed by atoms with van der Waals surface area (Å²) in [6, 6.07) is 23.9. The van der Waals surface area contributed by atoms with Gasteiger partial charge in [-0.3, -0.25) is 0 Å². The van der Waals surface area contributed by atoms with E-state index in [9.17, 15) is 0 Å². The third-order valence-electron chi connectivity index (χ3n) is 6.36. The van der Waals surface area contributed by atoms with Crippen molar-refractivity contribution >= 4 is 21.8 Å². The van der Waals surface area contributed by atoms with Crippen molar-refractivity contribution < 1.29 is 0 Å². The molecule has 3 heteroatoms. The Morgan fingerprint density at radius 1 is 0.893 bits per heavy atom. The lowest BCUT2D eigenvalue weighted by Gasteiger charge is -2.32. The van der Waals surface area contributed by atoms with Crippen molar-refractivity contribution in [3.63, 3.8) is 0 Å². The zero-order valence-electron chi connectivity index (χ0n) is 16.5. The minimum absolute atomic E-state index is 0.722. The molecule has 0 unspecified atom stereocenters. The van der Waals surface area contributed by atoms with Gasteiger partial charge >= 0.3 is 0 Å². The van der Waals surface area contributed by atoms with E-state index in [4.69, 9.17) is 4.98 Å². The van der Waals surface area contributed by atoms with Crippen LogP contribution < -0.4 is 0 Å². The molecular formula is C25H27N3. The number of aryl methyl sites for hydroxylation is 1. The first-order valence-corrected chi connectivity index (χ1v) is 10.4. The topological polar surface area (TPSA) is 21.1 Å². The van der Waals surface area contributed by atoms with Crippen molar-refractivity contribution in [1.29, 1.82) is 0 Å². The zero-order valence-corrected chi connectivity index (χ0v) is 16.5. The number of imidazole rings is 1. The fourth-order valence-electron chi connectivity index (χ4n) is 4.73. The minimum Gasteiger partial charge on any atom is -0.331 e. The number of rotatable bonds is 4. The molecule has 0 bridgehead atoms. The molecule has 0 spiro atoms. The van der Waals surface area contributed by atoms with Crippen molar-refractivity contribution in [3.8, 4) is 0 Å².